The van der Waals surface area contributed by atoms with E-state index < -0.39 is 11.4 Å². The molecule has 2 nitrogen and oxygen atoms in total. The van der Waals surface area contributed by atoms with Crippen LogP contribution in [-0.4, -0.2) is 11.1 Å². The highest BCUT2D eigenvalue weighted by Gasteiger charge is 2.48. The van der Waals surface area contributed by atoms with E-state index in [1.165, 1.54) is 6.42 Å². The molecular formula is C20H22O2. The predicted octanol–water partition coefficient (Wildman–Crippen LogP) is 5.01. The number of carboxylic acids is 1. The van der Waals surface area contributed by atoms with Crippen molar-refractivity contribution in [2.45, 2.75) is 44.4 Å². The lowest BCUT2D eigenvalue weighted by molar-refractivity contribution is -0.142. The molecule has 0 atom stereocenters. The van der Waals surface area contributed by atoms with Crippen molar-refractivity contribution in [1.29, 1.82) is 0 Å². The molecule has 2 aromatic rings. The third-order valence-electron chi connectivity index (χ3n) is 4.83. The third-order valence-corrected chi connectivity index (χ3v) is 4.83. The highest BCUT2D eigenvalue weighted by atomic mass is 16.4. The van der Waals surface area contributed by atoms with Crippen molar-refractivity contribution in [2.24, 2.45) is 0 Å². The average Bonchev–Trinajstić information content (AvgIpc) is 2.83. The maximum absolute atomic E-state index is 12.3. The third kappa shape index (κ3) is 2.14. The lowest BCUT2D eigenvalue weighted by Gasteiger charge is -2.27. The highest BCUT2D eigenvalue weighted by molar-refractivity contribution is 5.97. The van der Waals surface area contributed by atoms with Crippen LogP contribution in [0.25, 0.3) is 11.1 Å². The number of carboxylic acid groups (broad SMARTS) is 1. The summed E-state index contributed by atoms with van der Waals surface area (Å²) in [5, 5.41) is 10.1. The second-order valence-corrected chi connectivity index (χ2v) is 6.11. The number of hydrogen-bond acceptors (Lipinski definition) is 1. The Hall–Kier alpha value is -2.09. The van der Waals surface area contributed by atoms with Crippen LogP contribution >= 0.6 is 0 Å². The van der Waals surface area contributed by atoms with Gasteiger partial charge in [0.05, 0.1) is 0 Å². The minimum Gasteiger partial charge on any atom is -0.480 e. The number of carbonyl (C=O) groups is 1. The van der Waals surface area contributed by atoms with Gasteiger partial charge in [0, 0.05) is 0 Å². The molecule has 0 fully saturated rings. The topological polar surface area (TPSA) is 37.3 Å². The quantitative estimate of drug-likeness (QED) is 0.760. The van der Waals surface area contributed by atoms with Crippen molar-refractivity contribution in [2.75, 3.05) is 0 Å². The molecule has 1 N–H and O–H groups in total. The van der Waals surface area contributed by atoms with E-state index in [1.54, 1.807) is 0 Å². The molecular weight excluding hydrogens is 272 g/mol. The molecule has 2 aromatic carbocycles. The van der Waals surface area contributed by atoms with Gasteiger partial charge in [0.1, 0.15) is 5.41 Å². The van der Waals surface area contributed by atoms with Gasteiger partial charge < -0.3 is 5.11 Å². The molecule has 0 saturated heterocycles. The number of benzene rings is 2. The zero-order valence-corrected chi connectivity index (χ0v) is 13.0. The van der Waals surface area contributed by atoms with Crippen molar-refractivity contribution in [1.82, 2.24) is 0 Å². The SMILES string of the molecule is CCCCCCC1(C(=O)O)c2ccccc2-c2ccccc21. The lowest BCUT2D eigenvalue weighted by atomic mass is 9.74. The fourth-order valence-corrected chi connectivity index (χ4v) is 3.75. The molecule has 2 heteroatoms. The normalized spacial score (nSPS) is 14.4. The standard InChI is InChI=1S/C20H22O2/c1-2-3-4-9-14-20(19(21)22)17-12-7-5-10-15(17)16-11-6-8-13-18(16)20/h5-8,10-13H,2-4,9,14H2,1H3,(H,21,22). The van der Waals surface area contributed by atoms with Crippen LogP contribution in [0.3, 0.4) is 0 Å². The van der Waals surface area contributed by atoms with Gasteiger partial charge in [0.15, 0.2) is 0 Å². The summed E-state index contributed by atoms with van der Waals surface area (Å²) in [6.07, 6.45) is 5.04. The zero-order chi connectivity index (χ0) is 15.6. The van der Waals surface area contributed by atoms with Gasteiger partial charge in [-0.3, -0.25) is 4.79 Å². The maximum atomic E-state index is 12.3. The molecule has 0 bridgehead atoms. The molecule has 114 valence electrons. The van der Waals surface area contributed by atoms with Crippen LogP contribution in [0, 0.1) is 0 Å². The molecule has 0 saturated carbocycles. The largest absolute Gasteiger partial charge is 0.480 e. The van der Waals surface area contributed by atoms with Crippen molar-refractivity contribution in [3.63, 3.8) is 0 Å². The first-order valence-electron chi connectivity index (χ1n) is 8.14. The molecule has 0 unspecified atom stereocenters. The van der Waals surface area contributed by atoms with Gasteiger partial charge in [-0.1, -0.05) is 81.1 Å². The summed E-state index contributed by atoms with van der Waals surface area (Å²) in [5.41, 5.74) is 3.20. The average molecular weight is 294 g/mol. The molecule has 0 radical (unpaired) electrons. The molecule has 0 heterocycles. The number of rotatable bonds is 6. The van der Waals surface area contributed by atoms with Crippen LogP contribution in [0.15, 0.2) is 48.5 Å². The Balaban J connectivity index is 2.10. The van der Waals surface area contributed by atoms with E-state index in [0.29, 0.717) is 6.42 Å². The summed E-state index contributed by atoms with van der Waals surface area (Å²) in [5.74, 6) is -0.721. The molecule has 1 aliphatic rings. The minimum atomic E-state index is -0.874. The van der Waals surface area contributed by atoms with E-state index in [1.807, 2.05) is 48.5 Å². The van der Waals surface area contributed by atoms with Gasteiger partial charge in [0.25, 0.3) is 0 Å². The van der Waals surface area contributed by atoms with Crippen LogP contribution in [0.1, 0.15) is 50.2 Å². The van der Waals surface area contributed by atoms with Gasteiger partial charge in [-0.2, -0.15) is 0 Å². The number of aliphatic carboxylic acids is 1. The van der Waals surface area contributed by atoms with Gasteiger partial charge in [-0.05, 0) is 28.7 Å². The summed E-state index contributed by atoms with van der Waals surface area (Å²) in [4.78, 5) is 12.3. The van der Waals surface area contributed by atoms with Crippen LogP contribution in [0.2, 0.25) is 0 Å². The van der Waals surface area contributed by atoms with Crippen molar-refractivity contribution in [3.05, 3.63) is 59.7 Å². The molecule has 22 heavy (non-hydrogen) atoms. The summed E-state index contributed by atoms with van der Waals surface area (Å²) < 4.78 is 0. The highest BCUT2D eigenvalue weighted by Crippen LogP contribution is 2.51. The van der Waals surface area contributed by atoms with E-state index in [2.05, 4.69) is 6.92 Å². The molecule has 0 amide bonds. The Bertz CT molecular complexity index is 642. The van der Waals surface area contributed by atoms with E-state index in [-0.39, 0.29) is 0 Å². The Morgan fingerprint density at radius 3 is 1.95 bits per heavy atom. The fourth-order valence-electron chi connectivity index (χ4n) is 3.75. The maximum Gasteiger partial charge on any atom is 0.318 e. The van der Waals surface area contributed by atoms with Gasteiger partial charge >= 0.3 is 5.97 Å². The molecule has 0 aromatic heterocycles. The van der Waals surface area contributed by atoms with E-state index >= 15 is 0 Å². The van der Waals surface area contributed by atoms with Crippen molar-refractivity contribution >= 4 is 5.97 Å². The van der Waals surface area contributed by atoms with Gasteiger partial charge in [-0.15, -0.1) is 0 Å². The molecule has 3 rings (SSSR count). The first-order valence-corrected chi connectivity index (χ1v) is 8.14. The van der Waals surface area contributed by atoms with Gasteiger partial charge in [0.2, 0.25) is 0 Å². The summed E-state index contributed by atoms with van der Waals surface area (Å²) in [7, 11) is 0. The van der Waals surface area contributed by atoms with Crippen LogP contribution in [0.4, 0.5) is 0 Å². The number of fused-ring (bicyclic) bond motifs is 3. The summed E-state index contributed by atoms with van der Waals surface area (Å²) in [6.45, 7) is 2.17. The number of hydrogen-bond donors (Lipinski definition) is 1. The smallest absolute Gasteiger partial charge is 0.318 e. The molecule has 0 spiro atoms. The molecule has 1 aliphatic carbocycles. The van der Waals surface area contributed by atoms with Crippen molar-refractivity contribution < 1.29 is 9.90 Å². The van der Waals surface area contributed by atoms with E-state index in [4.69, 9.17) is 0 Å². The van der Waals surface area contributed by atoms with Crippen LogP contribution in [0.5, 0.6) is 0 Å². The van der Waals surface area contributed by atoms with Crippen LogP contribution in [-0.2, 0) is 10.2 Å². The number of unbranched alkanes of at least 4 members (excludes halogenated alkanes) is 3. The Morgan fingerprint density at radius 1 is 0.909 bits per heavy atom. The first-order chi connectivity index (χ1) is 10.7. The van der Waals surface area contributed by atoms with Crippen molar-refractivity contribution in [3.8, 4) is 11.1 Å². The predicted molar refractivity (Wildman–Crippen MR) is 89.1 cm³/mol. The minimum absolute atomic E-state index is 0.677. The lowest BCUT2D eigenvalue weighted by Crippen LogP contribution is -2.35. The Labute approximate surface area is 131 Å². The Morgan fingerprint density at radius 2 is 1.45 bits per heavy atom. The van der Waals surface area contributed by atoms with Crippen LogP contribution < -0.4 is 0 Å². The van der Waals surface area contributed by atoms with Gasteiger partial charge in [-0.25, -0.2) is 0 Å². The van der Waals surface area contributed by atoms with E-state index in [9.17, 15) is 9.90 Å². The monoisotopic (exact) mass is 294 g/mol. The summed E-state index contributed by atoms with van der Waals surface area (Å²) >= 11 is 0. The zero-order valence-electron chi connectivity index (χ0n) is 13.0. The molecule has 0 aliphatic heterocycles. The fraction of sp³-hybridized carbons (Fsp3) is 0.350. The second-order valence-electron chi connectivity index (χ2n) is 6.11. The van der Waals surface area contributed by atoms with E-state index in [0.717, 1.165) is 41.5 Å². The Kier molecular flexibility index (Phi) is 4.02. The second kappa shape index (κ2) is 5.96. The first kappa shape index (κ1) is 14.8. The summed E-state index contributed by atoms with van der Waals surface area (Å²) in [6, 6.07) is 16.0.